The van der Waals surface area contributed by atoms with Crippen molar-refractivity contribution in [3.8, 4) is 0 Å². The van der Waals surface area contributed by atoms with E-state index >= 15 is 0 Å². The molecular formula is C13H8F14IN. The van der Waals surface area contributed by atoms with Gasteiger partial charge in [-0.3, -0.25) is 0 Å². The first-order chi connectivity index (χ1) is 12.2. The van der Waals surface area contributed by atoms with E-state index in [4.69, 9.17) is 0 Å². The van der Waals surface area contributed by atoms with E-state index in [0.29, 0.717) is 12.4 Å². The van der Waals surface area contributed by atoms with Crippen LogP contribution >= 0.6 is 0 Å². The lowest BCUT2D eigenvalue weighted by atomic mass is 9.92. The molecule has 1 rings (SSSR count). The summed E-state index contributed by atoms with van der Waals surface area (Å²) in [7, 11) is 0. The summed E-state index contributed by atoms with van der Waals surface area (Å²) in [6.07, 6.45) is -12.4. The molecule has 0 aliphatic heterocycles. The average Bonchev–Trinajstić information content (AvgIpc) is 2.53. The van der Waals surface area contributed by atoms with Gasteiger partial charge in [0, 0.05) is 12.1 Å². The highest BCUT2D eigenvalue weighted by molar-refractivity contribution is 5.10. The normalized spacial score (nSPS) is 15.7. The third kappa shape index (κ3) is 4.50. The van der Waals surface area contributed by atoms with Gasteiger partial charge in [0.1, 0.15) is 6.42 Å². The maximum atomic E-state index is 13.7. The highest BCUT2D eigenvalue weighted by Gasteiger charge is 2.90. The van der Waals surface area contributed by atoms with Gasteiger partial charge in [-0.1, -0.05) is 6.07 Å². The molecule has 170 valence electrons. The molecular weight excluding hydrogens is 563 g/mol. The van der Waals surface area contributed by atoms with Crippen molar-refractivity contribution in [2.75, 3.05) is 0 Å². The van der Waals surface area contributed by atoms with Crippen LogP contribution in [0.25, 0.3) is 0 Å². The van der Waals surface area contributed by atoms with Gasteiger partial charge in [0.15, 0.2) is 12.4 Å². The van der Waals surface area contributed by atoms with Gasteiger partial charge in [-0.25, -0.2) is 0 Å². The van der Waals surface area contributed by atoms with Crippen molar-refractivity contribution in [2.45, 2.75) is 48.5 Å². The molecule has 0 aliphatic rings. The van der Waals surface area contributed by atoms with Crippen LogP contribution in [0, 0.1) is 0 Å². The maximum Gasteiger partial charge on any atom is 0.460 e. The Morgan fingerprint density at radius 2 is 0.966 bits per heavy atom. The van der Waals surface area contributed by atoms with Crippen molar-refractivity contribution in [1.82, 2.24) is 0 Å². The van der Waals surface area contributed by atoms with E-state index in [1.165, 1.54) is 6.07 Å². The van der Waals surface area contributed by atoms with Gasteiger partial charge in [0.2, 0.25) is 0 Å². The molecule has 0 saturated carbocycles. The zero-order valence-electron chi connectivity index (χ0n) is 13.3. The van der Waals surface area contributed by atoms with Crippen molar-refractivity contribution in [3.63, 3.8) is 0 Å². The molecule has 0 bridgehead atoms. The molecule has 1 heterocycles. The molecule has 0 fully saturated rings. The highest BCUT2D eigenvalue weighted by Crippen LogP contribution is 2.60. The van der Waals surface area contributed by atoms with E-state index in [2.05, 4.69) is 0 Å². The summed E-state index contributed by atoms with van der Waals surface area (Å²) in [5.74, 6) is -37.6. The van der Waals surface area contributed by atoms with Gasteiger partial charge in [0.25, 0.3) is 0 Å². The molecule has 0 radical (unpaired) electrons. The lowest BCUT2D eigenvalue weighted by molar-refractivity contribution is -0.751. The van der Waals surface area contributed by atoms with E-state index in [-0.39, 0.29) is 28.5 Å². The summed E-state index contributed by atoms with van der Waals surface area (Å²) in [5, 5.41) is 0. The van der Waals surface area contributed by atoms with Crippen LogP contribution in [0.3, 0.4) is 0 Å². The molecule has 1 nitrogen and oxygen atoms in total. The number of nitrogens with zero attached hydrogens (tertiary/aromatic N) is 1. The molecule has 1 unspecified atom stereocenters. The van der Waals surface area contributed by atoms with Crippen molar-refractivity contribution in [2.24, 2.45) is 0 Å². The van der Waals surface area contributed by atoms with Crippen molar-refractivity contribution < 1.29 is 90.0 Å². The zero-order valence-corrected chi connectivity index (χ0v) is 15.4. The molecule has 0 aliphatic carbocycles. The molecule has 0 spiro atoms. The maximum absolute atomic E-state index is 13.7. The number of halogens is 15. The first-order valence-corrected chi connectivity index (χ1v) is 6.79. The van der Waals surface area contributed by atoms with Crippen molar-refractivity contribution in [1.29, 1.82) is 0 Å². The van der Waals surface area contributed by atoms with Gasteiger partial charge < -0.3 is 24.0 Å². The van der Waals surface area contributed by atoms with E-state index in [9.17, 15) is 61.5 Å². The van der Waals surface area contributed by atoms with Crippen molar-refractivity contribution >= 4 is 0 Å². The fraction of sp³-hybridized carbons (Fsp3) is 0.615. The summed E-state index contributed by atoms with van der Waals surface area (Å²) in [6.45, 7) is 0. The van der Waals surface area contributed by atoms with E-state index in [1.54, 1.807) is 0 Å². The van der Waals surface area contributed by atoms with Crippen LogP contribution < -0.4 is 28.5 Å². The Morgan fingerprint density at radius 3 is 1.34 bits per heavy atom. The van der Waals surface area contributed by atoms with E-state index < -0.39 is 48.5 Å². The fourth-order valence-corrected chi connectivity index (χ4v) is 1.85. The highest BCUT2D eigenvalue weighted by atomic mass is 127. The number of hydrogen-bond acceptors (Lipinski definition) is 0. The second-order valence-corrected chi connectivity index (χ2v) is 5.46. The smallest absolute Gasteiger partial charge is 0.460 e. The predicted octanol–water partition coefficient (Wildman–Crippen LogP) is 2.58. The number of pyridine rings is 1. The Hall–Kier alpha value is -1.10. The largest absolute Gasteiger partial charge is 1.00 e. The van der Waals surface area contributed by atoms with Crippen LogP contribution in [0.5, 0.6) is 0 Å². The zero-order chi connectivity index (χ0) is 22.4. The number of aromatic nitrogens is 1. The molecule has 0 N–H and O–H groups in total. The summed E-state index contributed by atoms with van der Waals surface area (Å²) in [5.41, 5.74) is 0. The van der Waals surface area contributed by atoms with Crippen LogP contribution in [0.2, 0.25) is 0 Å². The molecule has 1 aromatic heterocycles. The summed E-state index contributed by atoms with van der Waals surface area (Å²) >= 11 is 0. The summed E-state index contributed by atoms with van der Waals surface area (Å²) in [4.78, 5) is 0. The Bertz CT molecular complexity index is 672. The molecule has 0 saturated heterocycles. The standard InChI is InChI=1S/C13H8F14N.HI/c14-7(28-4-2-1-3-5-28)6-8(15,16)9(17,18)10(19,20)11(21,22)12(23,24)13(25,26)27;/h1-5,7H,6H2;1H/q+1;/p-1. The van der Waals surface area contributed by atoms with Gasteiger partial charge in [-0.15, -0.1) is 0 Å². The van der Waals surface area contributed by atoms with Gasteiger partial charge in [0.05, 0.1) is 0 Å². The lowest BCUT2D eigenvalue weighted by Gasteiger charge is -2.39. The predicted molar refractivity (Wildman–Crippen MR) is 62.2 cm³/mol. The second-order valence-electron chi connectivity index (χ2n) is 5.46. The third-order valence-electron chi connectivity index (χ3n) is 3.49. The van der Waals surface area contributed by atoms with Crippen LogP contribution in [0.1, 0.15) is 12.7 Å². The van der Waals surface area contributed by atoms with Gasteiger partial charge >= 0.3 is 42.1 Å². The van der Waals surface area contributed by atoms with Gasteiger partial charge in [-0.2, -0.15) is 66.0 Å². The molecule has 0 aromatic carbocycles. The minimum Gasteiger partial charge on any atom is -1.00 e. The molecule has 29 heavy (non-hydrogen) atoms. The average molecular weight is 571 g/mol. The Morgan fingerprint density at radius 1 is 0.586 bits per heavy atom. The summed E-state index contributed by atoms with van der Waals surface area (Å²) in [6, 6.07) is 3.12. The number of rotatable bonds is 7. The van der Waals surface area contributed by atoms with Crippen LogP contribution in [0.15, 0.2) is 30.6 Å². The Balaban J connectivity index is 0.00000784. The number of alkyl halides is 14. The fourth-order valence-electron chi connectivity index (χ4n) is 1.85. The lowest BCUT2D eigenvalue weighted by Crippen LogP contribution is -3.00. The Kier molecular flexibility index (Phi) is 7.89. The van der Waals surface area contributed by atoms with Crippen LogP contribution in [-0.2, 0) is 0 Å². The second kappa shape index (κ2) is 8.20. The minimum absolute atomic E-state index is 0. The van der Waals surface area contributed by atoms with Crippen LogP contribution in [-0.4, -0.2) is 35.8 Å². The van der Waals surface area contributed by atoms with Crippen LogP contribution in [0.4, 0.5) is 61.5 Å². The van der Waals surface area contributed by atoms with E-state index in [0.717, 1.165) is 12.1 Å². The van der Waals surface area contributed by atoms with Gasteiger partial charge in [-0.05, 0) is 0 Å². The number of hydrogen-bond donors (Lipinski definition) is 0. The third-order valence-corrected chi connectivity index (χ3v) is 3.49. The molecule has 1 atom stereocenters. The van der Waals surface area contributed by atoms with E-state index in [1.807, 2.05) is 0 Å². The topological polar surface area (TPSA) is 3.88 Å². The van der Waals surface area contributed by atoms with Crippen molar-refractivity contribution in [3.05, 3.63) is 30.6 Å². The SMILES string of the molecule is FC(CC(F)(F)C(F)(F)C(F)(F)C(F)(F)C(F)(F)C(F)(F)F)[n+]1ccccc1.[I-]. The monoisotopic (exact) mass is 571 g/mol. The first-order valence-electron chi connectivity index (χ1n) is 6.79. The molecule has 16 heteroatoms. The quantitative estimate of drug-likeness (QED) is 0.270. The summed E-state index contributed by atoms with van der Waals surface area (Å²) < 4.78 is 181. The molecule has 1 aromatic rings. The Labute approximate surface area is 169 Å². The first kappa shape index (κ1) is 27.9. The molecule has 0 amide bonds. The minimum atomic E-state index is -7.99.